The van der Waals surface area contributed by atoms with Crippen LogP contribution in [-0.4, -0.2) is 34.0 Å². The first-order chi connectivity index (χ1) is 9.76. The molecule has 1 N–H and O–H groups in total. The predicted octanol–water partition coefficient (Wildman–Crippen LogP) is 0.237. The van der Waals surface area contributed by atoms with Gasteiger partial charge in [-0.05, 0) is 18.3 Å². The fraction of sp³-hybridized carbons (Fsp3) is 0.417. The lowest BCUT2D eigenvalue weighted by Gasteiger charge is -2.11. The van der Waals surface area contributed by atoms with Crippen LogP contribution in [0.5, 0.6) is 17.2 Å². The quantitative estimate of drug-likeness (QED) is 0.838. The van der Waals surface area contributed by atoms with E-state index in [9.17, 15) is 0 Å². The van der Waals surface area contributed by atoms with Crippen molar-refractivity contribution in [1.29, 1.82) is 0 Å². The van der Waals surface area contributed by atoms with Gasteiger partial charge in [-0.1, -0.05) is 0 Å². The zero-order valence-electron chi connectivity index (χ0n) is 11.3. The van der Waals surface area contributed by atoms with Gasteiger partial charge in [0.05, 0.1) is 7.05 Å². The second-order valence-corrected chi connectivity index (χ2v) is 4.33. The van der Waals surface area contributed by atoms with Crippen molar-refractivity contribution < 1.29 is 14.2 Å². The van der Waals surface area contributed by atoms with Crippen molar-refractivity contribution in [3.8, 4) is 17.2 Å². The molecule has 0 radical (unpaired) electrons. The minimum absolute atomic E-state index is 0.240. The van der Waals surface area contributed by atoms with E-state index in [1.165, 1.54) is 4.80 Å². The van der Waals surface area contributed by atoms with Gasteiger partial charge in [-0.2, -0.15) is 4.80 Å². The summed E-state index contributed by atoms with van der Waals surface area (Å²) in [7, 11) is 3.59. The largest absolute Gasteiger partial charge is 0.485 e. The highest BCUT2D eigenvalue weighted by Crippen LogP contribution is 2.38. The first-order valence-corrected chi connectivity index (χ1v) is 6.19. The van der Waals surface area contributed by atoms with Gasteiger partial charge < -0.3 is 19.5 Å². The van der Waals surface area contributed by atoms with Gasteiger partial charge in [0, 0.05) is 18.2 Å². The smallest absolute Gasteiger partial charge is 0.231 e. The first-order valence-electron chi connectivity index (χ1n) is 6.19. The molecule has 1 aromatic heterocycles. The summed E-state index contributed by atoms with van der Waals surface area (Å²) in [5.74, 6) is 2.67. The molecule has 8 heteroatoms. The molecule has 0 saturated carbocycles. The van der Waals surface area contributed by atoms with Crippen LogP contribution in [0.1, 0.15) is 11.4 Å². The van der Waals surface area contributed by atoms with E-state index < -0.39 is 0 Å². The zero-order valence-corrected chi connectivity index (χ0v) is 11.3. The molecule has 0 spiro atoms. The molecule has 0 atom stereocenters. The maximum Gasteiger partial charge on any atom is 0.231 e. The first kappa shape index (κ1) is 12.7. The molecule has 1 aliphatic heterocycles. The number of ether oxygens (including phenoxy) is 3. The Balaban J connectivity index is 1.80. The van der Waals surface area contributed by atoms with Crippen molar-refractivity contribution in [3.63, 3.8) is 0 Å². The predicted molar refractivity (Wildman–Crippen MR) is 68.5 cm³/mol. The van der Waals surface area contributed by atoms with Gasteiger partial charge in [-0.3, -0.25) is 0 Å². The maximum atomic E-state index is 5.76. The van der Waals surface area contributed by atoms with E-state index in [0.717, 1.165) is 17.1 Å². The summed E-state index contributed by atoms with van der Waals surface area (Å²) in [6, 6.07) is 3.74. The highest BCUT2D eigenvalue weighted by atomic mass is 16.7. The maximum absolute atomic E-state index is 5.76. The van der Waals surface area contributed by atoms with Gasteiger partial charge in [0.2, 0.25) is 12.6 Å². The number of nitrogens with zero attached hydrogens (tertiary/aromatic N) is 4. The van der Waals surface area contributed by atoms with Crippen LogP contribution < -0.4 is 19.5 Å². The lowest BCUT2D eigenvalue weighted by Crippen LogP contribution is -2.08. The SMILES string of the molecule is CNCc1cc2c(cc1OCc1nnn(C)n1)OCO2. The van der Waals surface area contributed by atoms with E-state index in [-0.39, 0.29) is 13.4 Å². The van der Waals surface area contributed by atoms with Crippen LogP contribution >= 0.6 is 0 Å². The lowest BCUT2D eigenvalue weighted by atomic mass is 10.1. The Hall–Kier alpha value is -2.35. The Labute approximate surface area is 115 Å². The van der Waals surface area contributed by atoms with Crippen LogP contribution in [0.3, 0.4) is 0 Å². The molecule has 0 unspecified atom stereocenters. The summed E-state index contributed by atoms with van der Waals surface area (Å²) in [4.78, 5) is 1.40. The average Bonchev–Trinajstić information content (AvgIpc) is 3.04. The van der Waals surface area contributed by atoms with Gasteiger partial charge in [0.15, 0.2) is 18.1 Å². The Morgan fingerprint density at radius 2 is 2.15 bits per heavy atom. The van der Waals surface area contributed by atoms with E-state index in [2.05, 4.69) is 20.7 Å². The fourth-order valence-electron chi connectivity index (χ4n) is 1.95. The van der Waals surface area contributed by atoms with Gasteiger partial charge >= 0.3 is 0 Å². The Morgan fingerprint density at radius 3 is 2.85 bits per heavy atom. The van der Waals surface area contributed by atoms with Crippen LogP contribution in [0.2, 0.25) is 0 Å². The molecule has 20 heavy (non-hydrogen) atoms. The molecular formula is C12H15N5O3. The molecule has 8 nitrogen and oxygen atoms in total. The molecule has 1 aromatic carbocycles. The number of hydrogen-bond donors (Lipinski definition) is 1. The second-order valence-electron chi connectivity index (χ2n) is 4.33. The number of tetrazole rings is 1. The Kier molecular flexibility index (Phi) is 3.38. The lowest BCUT2D eigenvalue weighted by molar-refractivity contribution is 0.173. The van der Waals surface area contributed by atoms with Crippen molar-refractivity contribution in [2.24, 2.45) is 7.05 Å². The van der Waals surface area contributed by atoms with Crippen LogP contribution in [0.15, 0.2) is 12.1 Å². The normalized spacial score (nSPS) is 12.7. The number of nitrogens with one attached hydrogen (secondary N) is 1. The molecular weight excluding hydrogens is 262 g/mol. The van der Waals surface area contributed by atoms with Crippen molar-refractivity contribution in [1.82, 2.24) is 25.5 Å². The highest BCUT2D eigenvalue weighted by molar-refractivity contribution is 5.51. The van der Waals surface area contributed by atoms with Crippen molar-refractivity contribution >= 4 is 0 Å². The van der Waals surface area contributed by atoms with E-state index in [4.69, 9.17) is 14.2 Å². The number of fused-ring (bicyclic) bond motifs is 1. The average molecular weight is 277 g/mol. The van der Waals surface area contributed by atoms with Gasteiger partial charge in [0.25, 0.3) is 0 Å². The van der Waals surface area contributed by atoms with Gasteiger partial charge in [-0.15, -0.1) is 10.2 Å². The molecule has 0 saturated heterocycles. The van der Waals surface area contributed by atoms with E-state index in [0.29, 0.717) is 18.1 Å². The Bertz CT molecular complexity index is 613. The minimum Gasteiger partial charge on any atom is -0.485 e. The van der Waals surface area contributed by atoms with Crippen LogP contribution in [0, 0.1) is 0 Å². The monoisotopic (exact) mass is 277 g/mol. The molecule has 0 fully saturated rings. The van der Waals surface area contributed by atoms with Gasteiger partial charge in [0.1, 0.15) is 5.75 Å². The number of hydrogen-bond acceptors (Lipinski definition) is 7. The molecule has 3 rings (SSSR count). The third-order valence-corrected chi connectivity index (χ3v) is 2.83. The molecule has 106 valence electrons. The van der Waals surface area contributed by atoms with Crippen molar-refractivity contribution in [3.05, 3.63) is 23.5 Å². The zero-order chi connectivity index (χ0) is 13.9. The summed E-state index contributed by atoms with van der Waals surface area (Å²) in [6.45, 7) is 1.16. The molecule has 2 aromatic rings. The summed E-state index contributed by atoms with van der Waals surface area (Å²) < 4.78 is 16.5. The third kappa shape index (κ3) is 2.50. The summed E-state index contributed by atoms with van der Waals surface area (Å²) >= 11 is 0. The number of rotatable bonds is 5. The molecule has 2 heterocycles. The van der Waals surface area contributed by atoms with Crippen molar-refractivity contribution in [2.75, 3.05) is 13.8 Å². The Morgan fingerprint density at radius 1 is 1.35 bits per heavy atom. The fourth-order valence-corrected chi connectivity index (χ4v) is 1.95. The summed E-state index contributed by atoms with van der Waals surface area (Å²) in [6.07, 6.45) is 0. The van der Waals surface area contributed by atoms with Crippen LogP contribution in [-0.2, 0) is 20.2 Å². The molecule has 0 bridgehead atoms. The van der Waals surface area contributed by atoms with Crippen LogP contribution in [0.4, 0.5) is 0 Å². The number of benzene rings is 1. The molecule has 0 amide bonds. The topological polar surface area (TPSA) is 83.3 Å². The number of aryl methyl sites for hydroxylation is 1. The van der Waals surface area contributed by atoms with E-state index in [1.807, 2.05) is 19.2 Å². The molecule has 1 aliphatic rings. The minimum atomic E-state index is 0.240. The third-order valence-electron chi connectivity index (χ3n) is 2.83. The van der Waals surface area contributed by atoms with E-state index in [1.54, 1.807) is 7.05 Å². The van der Waals surface area contributed by atoms with Gasteiger partial charge in [-0.25, -0.2) is 0 Å². The summed E-state index contributed by atoms with van der Waals surface area (Å²) in [5, 5.41) is 14.8. The summed E-state index contributed by atoms with van der Waals surface area (Å²) in [5.41, 5.74) is 0.987. The van der Waals surface area contributed by atoms with Crippen LogP contribution in [0.25, 0.3) is 0 Å². The van der Waals surface area contributed by atoms with E-state index >= 15 is 0 Å². The number of aromatic nitrogens is 4. The molecule has 0 aliphatic carbocycles. The van der Waals surface area contributed by atoms with Crippen molar-refractivity contribution in [2.45, 2.75) is 13.2 Å². The highest BCUT2D eigenvalue weighted by Gasteiger charge is 2.18. The standard InChI is InChI=1S/C12H15N5O3/c1-13-5-8-3-10-11(20-7-19-10)4-9(8)18-6-12-14-16-17(2)15-12/h3-4,13H,5-7H2,1-2H3. The second kappa shape index (κ2) is 5.33.